The number of hydrogen-bond acceptors (Lipinski definition) is 3. The van der Waals surface area contributed by atoms with Crippen LogP contribution < -0.4 is 5.32 Å². The minimum Gasteiger partial charge on any atom is -0.481 e. The van der Waals surface area contributed by atoms with Crippen molar-refractivity contribution in [3.63, 3.8) is 0 Å². The van der Waals surface area contributed by atoms with E-state index in [1.807, 2.05) is 0 Å². The third-order valence-corrected chi connectivity index (χ3v) is 4.65. The lowest BCUT2D eigenvalue weighted by atomic mass is 10.1. The molecule has 0 aliphatic rings. The van der Waals surface area contributed by atoms with Crippen LogP contribution in [0, 0.1) is 18.7 Å². The summed E-state index contributed by atoms with van der Waals surface area (Å²) >= 11 is 1.24. The molecule has 4 nitrogen and oxygen atoms in total. The van der Waals surface area contributed by atoms with Crippen LogP contribution in [0.4, 0.5) is 4.39 Å². The Morgan fingerprint density at radius 1 is 1.43 bits per heavy atom. The van der Waals surface area contributed by atoms with Crippen molar-refractivity contribution in [2.75, 3.05) is 6.54 Å². The Balaban J connectivity index is 2.12. The number of carbonyl (C=O) groups is 2. The van der Waals surface area contributed by atoms with Crippen LogP contribution in [0.15, 0.2) is 18.2 Å². The van der Waals surface area contributed by atoms with Gasteiger partial charge >= 0.3 is 5.97 Å². The number of carboxylic acid groups (broad SMARTS) is 1. The van der Waals surface area contributed by atoms with Gasteiger partial charge < -0.3 is 10.4 Å². The fourth-order valence-corrected chi connectivity index (χ4v) is 3.22. The van der Waals surface area contributed by atoms with Gasteiger partial charge in [-0.25, -0.2) is 4.39 Å². The zero-order valence-electron chi connectivity index (χ0n) is 11.8. The minimum atomic E-state index is -0.885. The number of carbonyl (C=O) groups excluding carboxylic acids is 1. The van der Waals surface area contributed by atoms with Crippen LogP contribution in [0.25, 0.3) is 10.1 Å². The molecule has 0 fully saturated rings. The average Bonchev–Trinajstić information content (AvgIpc) is 2.77. The van der Waals surface area contributed by atoms with Gasteiger partial charge in [0.15, 0.2) is 0 Å². The topological polar surface area (TPSA) is 66.4 Å². The molecule has 21 heavy (non-hydrogen) atoms. The molecule has 1 atom stereocenters. The second-order valence-corrected chi connectivity index (χ2v) is 6.01. The Hall–Kier alpha value is -1.95. The third-order valence-electron chi connectivity index (χ3n) is 3.39. The van der Waals surface area contributed by atoms with Crippen LogP contribution in [0.1, 0.15) is 28.6 Å². The van der Waals surface area contributed by atoms with Crippen molar-refractivity contribution in [3.05, 3.63) is 34.5 Å². The summed E-state index contributed by atoms with van der Waals surface area (Å²) in [5.41, 5.74) is 0.622. The summed E-state index contributed by atoms with van der Waals surface area (Å²) in [6.45, 7) is 3.59. The highest BCUT2D eigenvalue weighted by Gasteiger charge is 2.18. The van der Waals surface area contributed by atoms with E-state index in [0.29, 0.717) is 22.2 Å². The molecule has 1 aromatic heterocycles. The Kier molecular flexibility index (Phi) is 4.57. The monoisotopic (exact) mass is 309 g/mol. The molecule has 1 unspecified atom stereocenters. The molecule has 1 aromatic carbocycles. The fourth-order valence-electron chi connectivity index (χ4n) is 2.08. The van der Waals surface area contributed by atoms with Crippen LogP contribution in [0.2, 0.25) is 0 Å². The molecule has 6 heteroatoms. The third kappa shape index (κ3) is 3.21. The predicted octanol–water partition coefficient (Wildman–Crippen LogP) is 3.19. The molecule has 0 bridgehead atoms. The molecule has 0 aliphatic heterocycles. The highest BCUT2D eigenvalue weighted by Crippen LogP contribution is 2.32. The van der Waals surface area contributed by atoms with Crippen molar-refractivity contribution in [1.29, 1.82) is 0 Å². The predicted molar refractivity (Wildman–Crippen MR) is 80.3 cm³/mol. The number of fused-ring (bicyclic) bond motifs is 1. The molecule has 1 amide bonds. The molecule has 0 radical (unpaired) electrons. The van der Waals surface area contributed by atoms with Crippen molar-refractivity contribution >= 4 is 33.3 Å². The standard InChI is InChI=1S/C15H16FNO3S/c1-8(15(19)20)6-7-17-14(18)13-9(2)12-10(16)4-3-5-11(12)21-13/h3-5,8H,6-7H2,1-2H3,(H,17,18)(H,19,20). The molecule has 0 saturated heterocycles. The fraction of sp³-hybridized carbons (Fsp3) is 0.333. The van der Waals surface area contributed by atoms with E-state index in [4.69, 9.17) is 5.11 Å². The number of hydrogen-bond donors (Lipinski definition) is 2. The maximum Gasteiger partial charge on any atom is 0.306 e. The first-order valence-corrected chi connectivity index (χ1v) is 7.42. The molecule has 1 heterocycles. The van der Waals surface area contributed by atoms with Gasteiger partial charge in [-0.1, -0.05) is 13.0 Å². The van der Waals surface area contributed by atoms with E-state index in [-0.39, 0.29) is 18.3 Å². The summed E-state index contributed by atoms with van der Waals surface area (Å²) in [6, 6.07) is 4.77. The zero-order valence-corrected chi connectivity index (χ0v) is 12.6. The van der Waals surface area contributed by atoms with Crippen molar-refractivity contribution in [2.24, 2.45) is 5.92 Å². The van der Waals surface area contributed by atoms with Gasteiger partial charge in [0.05, 0.1) is 10.8 Å². The Morgan fingerprint density at radius 2 is 2.14 bits per heavy atom. The molecular formula is C15H16FNO3S. The van der Waals surface area contributed by atoms with Gasteiger partial charge in [0, 0.05) is 16.6 Å². The minimum absolute atomic E-state index is 0.280. The summed E-state index contributed by atoms with van der Waals surface area (Å²) in [5.74, 6) is -2.01. The van der Waals surface area contributed by atoms with Crippen LogP contribution in [-0.2, 0) is 4.79 Å². The molecule has 0 saturated carbocycles. The Labute approximate surface area is 125 Å². The first-order chi connectivity index (χ1) is 9.91. The maximum atomic E-state index is 13.8. The van der Waals surface area contributed by atoms with Gasteiger partial charge in [-0.05, 0) is 31.0 Å². The second kappa shape index (κ2) is 6.22. The van der Waals surface area contributed by atoms with E-state index in [9.17, 15) is 14.0 Å². The summed E-state index contributed by atoms with van der Waals surface area (Å²) in [7, 11) is 0. The quantitative estimate of drug-likeness (QED) is 0.891. The largest absolute Gasteiger partial charge is 0.481 e. The lowest BCUT2D eigenvalue weighted by molar-refractivity contribution is -0.141. The first kappa shape index (κ1) is 15.4. The smallest absolute Gasteiger partial charge is 0.306 e. The van der Waals surface area contributed by atoms with Gasteiger partial charge in [0.2, 0.25) is 0 Å². The van der Waals surface area contributed by atoms with E-state index in [1.54, 1.807) is 26.0 Å². The summed E-state index contributed by atoms with van der Waals surface area (Å²) < 4.78 is 14.5. The van der Waals surface area contributed by atoms with Crippen LogP contribution in [0.3, 0.4) is 0 Å². The zero-order chi connectivity index (χ0) is 15.6. The molecule has 112 valence electrons. The highest BCUT2D eigenvalue weighted by atomic mass is 32.1. The lowest BCUT2D eigenvalue weighted by Crippen LogP contribution is -2.26. The maximum absolute atomic E-state index is 13.8. The van der Waals surface area contributed by atoms with Crippen molar-refractivity contribution in [1.82, 2.24) is 5.32 Å². The Bertz CT molecular complexity index is 696. The van der Waals surface area contributed by atoms with Crippen LogP contribution >= 0.6 is 11.3 Å². The number of nitrogens with one attached hydrogen (secondary N) is 1. The van der Waals surface area contributed by atoms with E-state index in [0.717, 1.165) is 4.70 Å². The normalized spacial score (nSPS) is 12.3. The highest BCUT2D eigenvalue weighted by molar-refractivity contribution is 7.21. The number of amides is 1. The van der Waals surface area contributed by atoms with Gasteiger partial charge in [0.25, 0.3) is 5.91 Å². The van der Waals surface area contributed by atoms with E-state index < -0.39 is 11.9 Å². The molecule has 2 rings (SSSR count). The summed E-state index contributed by atoms with van der Waals surface area (Å²) in [6.07, 6.45) is 0.360. The van der Waals surface area contributed by atoms with E-state index >= 15 is 0 Å². The number of aliphatic carboxylic acids is 1. The van der Waals surface area contributed by atoms with Crippen molar-refractivity contribution in [3.8, 4) is 0 Å². The molecule has 2 N–H and O–H groups in total. The number of rotatable bonds is 5. The van der Waals surface area contributed by atoms with E-state index in [1.165, 1.54) is 17.4 Å². The van der Waals surface area contributed by atoms with Crippen molar-refractivity contribution in [2.45, 2.75) is 20.3 Å². The van der Waals surface area contributed by atoms with Gasteiger partial charge in [-0.2, -0.15) is 0 Å². The molecule has 2 aromatic rings. The summed E-state index contributed by atoms with van der Waals surface area (Å²) in [5, 5.41) is 12.0. The van der Waals surface area contributed by atoms with Gasteiger partial charge in [-0.3, -0.25) is 9.59 Å². The SMILES string of the molecule is Cc1c(C(=O)NCCC(C)C(=O)O)sc2cccc(F)c12. The number of thiophene rings is 1. The second-order valence-electron chi connectivity index (χ2n) is 4.95. The summed E-state index contributed by atoms with van der Waals surface area (Å²) in [4.78, 5) is 23.3. The molecular weight excluding hydrogens is 293 g/mol. The number of halogens is 1. The molecule has 0 spiro atoms. The van der Waals surface area contributed by atoms with Crippen LogP contribution in [0.5, 0.6) is 0 Å². The van der Waals surface area contributed by atoms with Gasteiger partial charge in [0.1, 0.15) is 5.82 Å². The number of aryl methyl sites for hydroxylation is 1. The first-order valence-electron chi connectivity index (χ1n) is 6.60. The van der Waals surface area contributed by atoms with Gasteiger partial charge in [-0.15, -0.1) is 11.3 Å². The lowest BCUT2D eigenvalue weighted by Gasteiger charge is -2.07. The average molecular weight is 309 g/mol. The molecule has 0 aliphatic carbocycles. The number of carboxylic acids is 1. The van der Waals surface area contributed by atoms with Crippen molar-refractivity contribution < 1.29 is 19.1 Å². The van der Waals surface area contributed by atoms with Crippen LogP contribution in [-0.4, -0.2) is 23.5 Å². The van der Waals surface area contributed by atoms with E-state index in [2.05, 4.69) is 5.32 Å². The Morgan fingerprint density at radius 3 is 2.76 bits per heavy atom. The number of benzene rings is 1.